The van der Waals surface area contributed by atoms with E-state index in [1.165, 1.54) is 42.5 Å². The number of sulfonamides is 1. The van der Waals surface area contributed by atoms with Gasteiger partial charge in [0.2, 0.25) is 0 Å². The molecular formula is C20H21FN4O3S. The summed E-state index contributed by atoms with van der Waals surface area (Å²) in [6, 6.07) is 12.8. The Hall–Kier alpha value is -3.20. The Balaban J connectivity index is 1.83. The Morgan fingerprint density at radius 3 is 2.66 bits per heavy atom. The number of nitrogens with one attached hydrogen (secondary N) is 2. The number of aromatic nitrogens is 2. The van der Waals surface area contributed by atoms with Gasteiger partial charge in [0, 0.05) is 11.6 Å². The van der Waals surface area contributed by atoms with Crippen molar-refractivity contribution >= 4 is 27.4 Å². The van der Waals surface area contributed by atoms with E-state index in [0.29, 0.717) is 5.82 Å². The molecule has 152 valence electrons. The van der Waals surface area contributed by atoms with Crippen molar-refractivity contribution in [3.63, 3.8) is 0 Å². The van der Waals surface area contributed by atoms with Gasteiger partial charge in [-0.05, 0) is 43.7 Å². The molecule has 0 radical (unpaired) electrons. The van der Waals surface area contributed by atoms with Crippen LogP contribution in [-0.2, 0) is 10.0 Å². The maximum Gasteiger partial charge on any atom is 0.262 e. The summed E-state index contributed by atoms with van der Waals surface area (Å²) in [4.78, 5) is 12.5. The molecule has 0 saturated carbocycles. The lowest BCUT2D eigenvalue weighted by molar-refractivity contribution is 0.102. The van der Waals surface area contributed by atoms with Gasteiger partial charge in [-0.15, -0.1) is 0 Å². The summed E-state index contributed by atoms with van der Waals surface area (Å²) in [6.07, 6.45) is 2.42. The predicted octanol–water partition coefficient (Wildman–Crippen LogP) is 4.05. The first-order valence-corrected chi connectivity index (χ1v) is 10.5. The van der Waals surface area contributed by atoms with Gasteiger partial charge in [0.1, 0.15) is 11.6 Å². The molecule has 9 heteroatoms. The highest BCUT2D eigenvalue weighted by atomic mass is 32.2. The number of hydrogen-bond donors (Lipinski definition) is 2. The van der Waals surface area contributed by atoms with Crippen molar-refractivity contribution in [1.29, 1.82) is 0 Å². The van der Waals surface area contributed by atoms with Crippen molar-refractivity contribution in [2.24, 2.45) is 0 Å². The number of hydrogen-bond acceptors (Lipinski definition) is 4. The SMILES string of the molecule is CCC(C)n1nccc1NC(=O)c1cccc(S(=O)(=O)Nc2ccccc2F)c1. The maximum absolute atomic E-state index is 13.8. The molecule has 2 N–H and O–H groups in total. The van der Waals surface area contributed by atoms with Gasteiger partial charge in [0.15, 0.2) is 0 Å². The Morgan fingerprint density at radius 1 is 1.17 bits per heavy atom. The van der Waals surface area contributed by atoms with Crippen LogP contribution in [0.5, 0.6) is 0 Å². The summed E-state index contributed by atoms with van der Waals surface area (Å²) in [5.41, 5.74) is -0.0156. The first-order chi connectivity index (χ1) is 13.8. The van der Waals surface area contributed by atoms with Crippen molar-refractivity contribution in [3.05, 3.63) is 72.2 Å². The van der Waals surface area contributed by atoms with E-state index in [1.807, 2.05) is 13.8 Å². The number of amides is 1. The Morgan fingerprint density at radius 2 is 1.93 bits per heavy atom. The van der Waals surface area contributed by atoms with Crippen molar-refractivity contribution in [2.75, 3.05) is 10.0 Å². The van der Waals surface area contributed by atoms with Gasteiger partial charge in [-0.3, -0.25) is 9.52 Å². The van der Waals surface area contributed by atoms with E-state index in [0.717, 1.165) is 12.5 Å². The first-order valence-electron chi connectivity index (χ1n) is 9.04. The molecule has 0 fully saturated rings. The second-order valence-corrected chi connectivity index (χ2v) is 8.17. The third-order valence-corrected chi connectivity index (χ3v) is 5.81. The van der Waals surface area contributed by atoms with Crippen LogP contribution in [-0.4, -0.2) is 24.1 Å². The van der Waals surface area contributed by atoms with Crippen LogP contribution in [0.2, 0.25) is 0 Å². The Labute approximate surface area is 168 Å². The van der Waals surface area contributed by atoms with Gasteiger partial charge in [-0.25, -0.2) is 17.5 Å². The maximum atomic E-state index is 13.8. The summed E-state index contributed by atoms with van der Waals surface area (Å²) in [5, 5.41) is 6.95. The monoisotopic (exact) mass is 416 g/mol. The average molecular weight is 416 g/mol. The number of rotatable bonds is 7. The smallest absolute Gasteiger partial charge is 0.262 e. The summed E-state index contributed by atoms with van der Waals surface area (Å²) in [5.74, 6) is -0.650. The highest BCUT2D eigenvalue weighted by Gasteiger charge is 2.19. The number of halogens is 1. The fourth-order valence-corrected chi connectivity index (χ4v) is 3.79. The van der Waals surface area contributed by atoms with Crippen LogP contribution in [0.15, 0.2) is 65.7 Å². The number of para-hydroxylation sites is 1. The van der Waals surface area contributed by atoms with Crippen LogP contribution in [0, 0.1) is 5.82 Å². The Kier molecular flexibility index (Phi) is 5.97. The van der Waals surface area contributed by atoms with E-state index < -0.39 is 21.7 Å². The topological polar surface area (TPSA) is 93.1 Å². The summed E-state index contributed by atoms with van der Waals surface area (Å²) in [6.45, 7) is 3.99. The standard InChI is InChI=1S/C20H21FN4O3S/c1-3-14(2)25-19(11-12-22-25)23-20(26)15-7-6-8-16(13-15)29(27,28)24-18-10-5-4-9-17(18)21/h4-14,24H,3H2,1-2H3,(H,23,26). The largest absolute Gasteiger partial charge is 0.307 e. The van der Waals surface area contributed by atoms with Gasteiger partial charge in [-0.1, -0.05) is 25.1 Å². The van der Waals surface area contributed by atoms with Gasteiger partial charge < -0.3 is 5.32 Å². The van der Waals surface area contributed by atoms with Crippen molar-refractivity contribution < 1.29 is 17.6 Å². The minimum atomic E-state index is -4.07. The lowest BCUT2D eigenvalue weighted by Gasteiger charge is -2.14. The van der Waals surface area contributed by atoms with E-state index >= 15 is 0 Å². The van der Waals surface area contributed by atoms with E-state index in [4.69, 9.17) is 0 Å². The molecule has 1 amide bonds. The van der Waals surface area contributed by atoms with Crippen LogP contribution < -0.4 is 10.0 Å². The van der Waals surface area contributed by atoms with E-state index in [-0.39, 0.29) is 22.2 Å². The first kappa shape index (κ1) is 20.5. The van der Waals surface area contributed by atoms with Crippen LogP contribution in [0.3, 0.4) is 0 Å². The van der Waals surface area contributed by atoms with Crippen LogP contribution >= 0.6 is 0 Å². The van der Waals surface area contributed by atoms with Gasteiger partial charge in [0.25, 0.3) is 15.9 Å². The average Bonchev–Trinajstić information content (AvgIpc) is 3.17. The number of benzene rings is 2. The highest BCUT2D eigenvalue weighted by Crippen LogP contribution is 2.21. The van der Waals surface area contributed by atoms with Crippen molar-refractivity contribution in [3.8, 4) is 0 Å². The highest BCUT2D eigenvalue weighted by molar-refractivity contribution is 7.92. The molecule has 0 aliphatic rings. The summed E-state index contributed by atoms with van der Waals surface area (Å²) in [7, 11) is -4.07. The molecule has 2 aromatic carbocycles. The minimum absolute atomic E-state index is 0.0944. The molecule has 0 saturated heterocycles. The number of nitrogens with zero attached hydrogens (tertiary/aromatic N) is 2. The molecule has 1 unspecified atom stereocenters. The lowest BCUT2D eigenvalue weighted by atomic mass is 10.2. The predicted molar refractivity (Wildman–Crippen MR) is 109 cm³/mol. The molecular weight excluding hydrogens is 395 g/mol. The molecule has 0 aliphatic heterocycles. The summed E-state index contributed by atoms with van der Waals surface area (Å²) >= 11 is 0. The normalized spacial score (nSPS) is 12.4. The van der Waals surface area contributed by atoms with E-state index in [2.05, 4.69) is 15.1 Å². The number of carbonyl (C=O) groups is 1. The fourth-order valence-electron chi connectivity index (χ4n) is 2.68. The molecule has 0 spiro atoms. The zero-order chi connectivity index (χ0) is 21.0. The zero-order valence-electron chi connectivity index (χ0n) is 16.0. The van der Waals surface area contributed by atoms with Gasteiger partial charge in [-0.2, -0.15) is 5.10 Å². The minimum Gasteiger partial charge on any atom is -0.307 e. The molecule has 29 heavy (non-hydrogen) atoms. The van der Waals surface area contributed by atoms with Crippen LogP contribution in [0.25, 0.3) is 0 Å². The fraction of sp³-hybridized carbons (Fsp3) is 0.200. The Bertz CT molecular complexity index is 1130. The molecule has 1 heterocycles. The molecule has 3 rings (SSSR count). The number of anilines is 2. The molecule has 1 aromatic heterocycles. The quantitative estimate of drug-likeness (QED) is 0.608. The second-order valence-electron chi connectivity index (χ2n) is 6.49. The molecule has 1 atom stereocenters. The molecule has 0 aliphatic carbocycles. The molecule has 7 nitrogen and oxygen atoms in total. The molecule has 3 aromatic rings. The summed E-state index contributed by atoms with van der Waals surface area (Å²) < 4.78 is 42.9. The van der Waals surface area contributed by atoms with Gasteiger partial charge >= 0.3 is 0 Å². The second kappa shape index (κ2) is 8.44. The zero-order valence-corrected chi connectivity index (χ0v) is 16.8. The van der Waals surface area contributed by atoms with Crippen LogP contribution in [0.4, 0.5) is 15.9 Å². The molecule has 0 bridgehead atoms. The lowest BCUT2D eigenvalue weighted by Crippen LogP contribution is -2.19. The number of carbonyl (C=O) groups excluding carboxylic acids is 1. The third kappa shape index (κ3) is 4.62. The van der Waals surface area contributed by atoms with Gasteiger partial charge in [0.05, 0.1) is 22.8 Å². The van der Waals surface area contributed by atoms with Crippen molar-refractivity contribution in [2.45, 2.75) is 31.2 Å². The van der Waals surface area contributed by atoms with Crippen molar-refractivity contribution in [1.82, 2.24) is 9.78 Å². The third-order valence-electron chi connectivity index (χ3n) is 4.44. The van der Waals surface area contributed by atoms with Crippen LogP contribution in [0.1, 0.15) is 36.7 Å². The van der Waals surface area contributed by atoms with E-state index in [1.54, 1.807) is 16.9 Å². The van der Waals surface area contributed by atoms with E-state index in [9.17, 15) is 17.6 Å².